The lowest BCUT2D eigenvalue weighted by Gasteiger charge is -2.30. The monoisotopic (exact) mass is 758 g/mol. The van der Waals surface area contributed by atoms with E-state index in [1.807, 2.05) is 11.3 Å². The van der Waals surface area contributed by atoms with Gasteiger partial charge in [-0.15, -0.1) is 11.3 Å². The molecule has 1 heterocycles. The molecule has 1 aliphatic carbocycles. The van der Waals surface area contributed by atoms with Crippen molar-refractivity contribution in [2.75, 3.05) is 9.80 Å². The first-order valence-corrected chi connectivity index (χ1v) is 20.7. The van der Waals surface area contributed by atoms with Gasteiger partial charge in [-0.2, -0.15) is 0 Å². The van der Waals surface area contributed by atoms with Gasteiger partial charge in [0.25, 0.3) is 0 Å². The predicted molar refractivity (Wildman–Crippen MR) is 247 cm³/mol. The summed E-state index contributed by atoms with van der Waals surface area (Å²) in [6.45, 7) is 0. The second-order valence-electron chi connectivity index (χ2n) is 14.9. The van der Waals surface area contributed by atoms with Crippen molar-refractivity contribution in [3.05, 3.63) is 241 Å². The fraction of sp³-hybridized carbons (Fsp3) is 0.0182. The molecule has 3 heteroatoms. The summed E-state index contributed by atoms with van der Waals surface area (Å²) in [5, 5.41) is 2.50. The number of anilines is 6. The molecule has 0 atom stereocenters. The maximum Gasteiger partial charge on any atom is 0.0543 e. The Hall–Kier alpha value is -7.20. The SMILES string of the molecule is c1ccc(-c2c(C3c4ccccc4-c4ccccc43)cccc2N(c2ccccc2)c2ccc3sc4ccc(N(c5ccccc5)c5ccccc5)cc4c3c2)cc1. The Morgan fingerprint density at radius 1 is 0.328 bits per heavy atom. The third-order valence-electron chi connectivity index (χ3n) is 11.5. The molecule has 9 aromatic carbocycles. The molecule has 274 valence electrons. The molecule has 0 aliphatic heterocycles. The van der Waals surface area contributed by atoms with E-state index >= 15 is 0 Å². The molecule has 0 amide bonds. The predicted octanol–water partition coefficient (Wildman–Crippen LogP) is 15.8. The Balaban J connectivity index is 1.13. The molecule has 0 fully saturated rings. The van der Waals surface area contributed by atoms with Crippen LogP contribution in [0.1, 0.15) is 22.6 Å². The van der Waals surface area contributed by atoms with Crippen LogP contribution in [0.15, 0.2) is 224 Å². The van der Waals surface area contributed by atoms with Gasteiger partial charge in [-0.1, -0.05) is 146 Å². The van der Waals surface area contributed by atoms with E-state index in [1.54, 1.807) is 0 Å². The van der Waals surface area contributed by atoms with Crippen molar-refractivity contribution in [1.82, 2.24) is 0 Å². The van der Waals surface area contributed by atoms with Crippen molar-refractivity contribution in [1.29, 1.82) is 0 Å². The molecule has 10 aromatic rings. The summed E-state index contributed by atoms with van der Waals surface area (Å²) in [5.74, 6) is 0.0964. The molecule has 0 radical (unpaired) electrons. The number of nitrogens with zero attached hydrogens (tertiary/aromatic N) is 2. The standard InChI is InChI=1S/C55H38N2S/c1-5-18-38(19-6-1)54-48(55-46-28-15-13-26-44(46)45-27-14-16-29-47(45)55)30-17-31-51(54)57(41-24-11-4-12-25-41)43-33-35-53-50(37-43)49-36-42(32-34-52(49)58-53)56(39-20-7-2-8-21-39)40-22-9-3-10-23-40/h1-37,55H. The molecule has 0 spiro atoms. The second kappa shape index (κ2) is 14.4. The average molecular weight is 759 g/mol. The lowest BCUT2D eigenvalue weighted by molar-refractivity contribution is 1.02. The summed E-state index contributed by atoms with van der Waals surface area (Å²) in [7, 11) is 0. The van der Waals surface area contributed by atoms with Gasteiger partial charge < -0.3 is 9.80 Å². The number of rotatable bonds is 8. The maximum absolute atomic E-state index is 2.46. The molecule has 11 rings (SSSR count). The van der Waals surface area contributed by atoms with E-state index < -0.39 is 0 Å². The number of hydrogen-bond acceptors (Lipinski definition) is 3. The van der Waals surface area contributed by atoms with Crippen molar-refractivity contribution < 1.29 is 0 Å². The summed E-state index contributed by atoms with van der Waals surface area (Å²) in [5.41, 5.74) is 15.9. The molecular formula is C55H38N2S. The van der Waals surface area contributed by atoms with Crippen molar-refractivity contribution >= 4 is 65.6 Å². The van der Waals surface area contributed by atoms with Crippen LogP contribution < -0.4 is 9.80 Å². The molecule has 1 aliphatic rings. The zero-order chi connectivity index (χ0) is 38.4. The summed E-state index contributed by atoms with van der Waals surface area (Å²) in [6.07, 6.45) is 0. The minimum absolute atomic E-state index is 0.0964. The van der Waals surface area contributed by atoms with Crippen molar-refractivity contribution in [3.8, 4) is 22.3 Å². The third-order valence-corrected chi connectivity index (χ3v) is 12.7. The van der Waals surface area contributed by atoms with Crippen LogP contribution in [-0.2, 0) is 0 Å². The normalized spacial score (nSPS) is 12.1. The fourth-order valence-electron chi connectivity index (χ4n) is 9.03. The van der Waals surface area contributed by atoms with Gasteiger partial charge in [0.2, 0.25) is 0 Å². The Kier molecular flexibility index (Phi) is 8.45. The summed E-state index contributed by atoms with van der Waals surface area (Å²) in [6, 6.07) is 81.8. The summed E-state index contributed by atoms with van der Waals surface area (Å²) in [4.78, 5) is 4.81. The van der Waals surface area contributed by atoms with Crippen LogP contribution in [0.4, 0.5) is 34.1 Å². The molecular weight excluding hydrogens is 721 g/mol. The van der Waals surface area contributed by atoms with Crippen LogP contribution in [0.2, 0.25) is 0 Å². The zero-order valence-corrected chi connectivity index (χ0v) is 32.6. The van der Waals surface area contributed by atoms with Crippen molar-refractivity contribution in [2.45, 2.75) is 5.92 Å². The van der Waals surface area contributed by atoms with E-state index in [0.717, 1.165) is 34.1 Å². The summed E-state index contributed by atoms with van der Waals surface area (Å²) >= 11 is 1.85. The minimum atomic E-state index is 0.0964. The van der Waals surface area contributed by atoms with Crippen LogP contribution in [0, 0.1) is 0 Å². The van der Waals surface area contributed by atoms with Gasteiger partial charge in [0.1, 0.15) is 0 Å². The van der Waals surface area contributed by atoms with Gasteiger partial charge in [0.15, 0.2) is 0 Å². The van der Waals surface area contributed by atoms with Crippen LogP contribution >= 0.6 is 11.3 Å². The summed E-state index contributed by atoms with van der Waals surface area (Å²) < 4.78 is 2.54. The zero-order valence-electron chi connectivity index (χ0n) is 31.7. The highest BCUT2D eigenvalue weighted by Crippen LogP contribution is 2.53. The van der Waals surface area contributed by atoms with E-state index in [9.17, 15) is 0 Å². The van der Waals surface area contributed by atoms with Gasteiger partial charge >= 0.3 is 0 Å². The number of hydrogen-bond donors (Lipinski definition) is 0. The van der Waals surface area contributed by atoms with Gasteiger partial charge in [-0.25, -0.2) is 0 Å². The maximum atomic E-state index is 2.46. The molecule has 0 bridgehead atoms. The van der Waals surface area contributed by atoms with Gasteiger partial charge in [0, 0.05) is 60.1 Å². The lowest BCUT2D eigenvalue weighted by Crippen LogP contribution is -2.13. The quantitative estimate of drug-likeness (QED) is 0.152. The van der Waals surface area contributed by atoms with E-state index in [1.165, 1.54) is 59.1 Å². The van der Waals surface area contributed by atoms with E-state index in [2.05, 4.69) is 234 Å². The molecule has 58 heavy (non-hydrogen) atoms. The average Bonchev–Trinajstić information content (AvgIpc) is 3.83. The highest BCUT2D eigenvalue weighted by molar-refractivity contribution is 7.25. The number of para-hydroxylation sites is 3. The molecule has 1 aromatic heterocycles. The van der Waals surface area contributed by atoms with Gasteiger partial charge in [-0.3, -0.25) is 0 Å². The molecule has 0 saturated heterocycles. The van der Waals surface area contributed by atoms with E-state index in [0.29, 0.717) is 0 Å². The second-order valence-corrected chi connectivity index (χ2v) is 15.9. The largest absolute Gasteiger partial charge is 0.310 e. The van der Waals surface area contributed by atoms with Crippen LogP contribution in [0.3, 0.4) is 0 Å². The highest BCUT2D eigenvalue weighted by atomic mass is 32.1. The van der Waals surface area contributed by atoms with Crippen LogP contribution in [0.25, 0.3) is 42.4 Å². The van der Waals surface area contributed by atoms with Crippen molar-refractivity contribution in [3.63, 3.8) is 0 Å². The Morgan fingerprint density at radius 2 is 0.759 bits per heavy atom. The lowest BCUT2D eigenvalue weighted by atomic mass is 9.83. The Bertz CT molecular complexity index is 2980. The smallest absolute Gasteiger partial charge is 0.0543 e. The number of benzene rings is 9. The third kappa shape index (κ3) is 5.79. The molecule has 0 saturated carbocycles. The van der Waals surface area contributed by atoms with Gasteiger partial charge in [-0.05, 0) is 112 Å². The fourth-order valence-corrected chi connectivity index (χ4v) is 10.1. The highest BCUT2D eigenvalue weighted by Gasteiger charge is 2.33. The molecule has 0 unspecified atom stereocenters. The van der Waals surface area contributed by atoms with Crippen LogP contribution in [0.5, 0.6) is 0 Å². The van der Waals surface area contributed by atoms with Crippen molar-refractivity contribution in [2.24, 2.45) is 0 Å². The first-order chi connectivity index (χ1) is 28.8. The van der Waals surface area contributed by atoms with Crippen LogP contribution in [-0.4, -0.2) is 0 Å². The number of fused-ring (bicyclic) bond motifs is 6. The Labute approximate surface area is 343 Å². The molecule has 0 N–H and O–H groups in total. The molecule has 2 nitrogen and oxygen atoms in total. The minimum Gasteiger partial charge on any atom is -0.310 e. The van der Waals surface area contributed by atoms with Gasteiger partial charge in [0.05, 0.1) is 5.69 Å². The topological polar surface area (TPSA) is 6.48 Å². The van der Waals surface area contributed by atoms with E-state index in [-0.39, 0.29) is 5.92 Å². The first-order valence-electron chi connectivity index (χ1n) is 19.9. The Morgan fingerprint density at radius 3 is 1.29 bits per heavy atom. The number of thiophene rings is 1. The first kappa shape index (κ1) is 34.1. The van der Waals surface area contributed by atoms with E-state index in [4.69, 9.17) is 0 Å².